The minimum absolute atomic E-state index is 0.0467. The van der Waals surface area contributed by atoms with Crippen LogP contribution in [0.4, 0.5) is 0 Å². The smallest absolute Gasteiger partial charge is 0.344 e. The van der Waals surface area contributed by atoms with E-state index in [1.54, 1.807) is 0 Å². The highest BCUT2D eigenvalue weighted by Gasteiger charge is 2.22. The van der Waals surface area contributed by atoms with Crippen LogP contribution in [-0.4, -0.2) is 16.7 Å². The number of ketones is 1. The number of fused-ring (bicyclic) bond motifs is 1. The largest absolute Gasteiger partial charge is 0.457 e. The summed E-state index contributed by atoms with van der Waals surface area (Å²) < 4.78 is 5.15. The van der Waals surface area contributed by atoms with E-state index in [0.717, 1.165) is 12.0 Å². The van der Waals surface area contributed by atoms with Gasteiger partial charge in [-0.15, -0.1) is 0 Å². The molecule has 0 aliphatic heterocycles. The molecule has 5 nitrogen and oxygen atoms in total. The Labute approximate surface area is 126 Å². The first-order valence-electron chi connectivity index (χ1n) is 7.15. The Morgan fingerprint density at radius 1 is 1.14 bits per heavy atom. The number of nitrogens with one attached hydrogen (secondary N) is 1. The van der Waals surface area contributed by atoms with E-state index in [-0.39, 0.29) is 18.0 Å². The molecule has 1 aromatic heterocycles. The summed E-state index contributed by atoms with van der Waals surface area (Å²) in [6, 6.07) is 10.6. The fourth-order valence-corrected chi connectivity index (χ4v) is 2.53. The zero-order valence-corrected chi connectivity index (χ0v) is 11.9. The lowest BCUT2D eigenvalue weighted by atomic mass is 9.94. The van der Waals surface area contributed by atoms with Crippen LogP contribution in [0.2, 0.25) is 0 Å². The Balaban J connectivity index is 1.82. The second kappa shape index (κ2) is 5.97. The van der Waals surface area contributed by atoms with Crippen LogP contribution in [-0.2, 0) is 17.8 Å². The van der Waals surface area contributed by atoms with Crippen molar-refractivity contribution in [3.63, 3.8) is 0 Å². The zero-order chi connectivity index (χ0) is 15.5. The third kappa shape index (κ3) is 2.83. The van der Waals surface area contributed by atoms with Gasteiger partial charge in [-0.1, -0.05) is 30.3 Å². The van der Waals surface area contributed by atoms with Crippen LogP contribution >= 0.6 is 0 Å². The van der Waals surface area contributed by atoms with Crippen LogP contribution < -0.4 is 5.56 Å². The first-order valence-corrected chi connectivity index (χ1v) is 7.15. The summed E-state index contributed by atoms with van der Waals surface area (Å²) in [4.78, 5) is 38.6. The number of hydrogen-bond acceptors (Lipinski definition) is 4. The molecule has 3 rings (SSSR count). The lowest BCUT2D eigenvalue weighted by Gasteiger charge is -2.14. The fourth-order valence-electron chi connectivity index (χ4n) is 2.53. The van der Waals surface area contributed by atoms with E-state index in [0.29, 0.717) is 24.1 Å². The summed E-state index contributed by atoms with van der Waals surface area (Å²) in [5.74, 6) is -0.763. The van der Waals surface area contributed by atoms with Crippen LogP contribution in [0.5, 0.6) is 0 Å². The van der Waals surface area contributed by atoms with Crippen LogP contribution in [0, 0.1) is 0 Å². The first-order chi connectivity index (χ1) is 10.6. The maximum Gasteiger partial charge on any atom is 0.344 e. The maximum atomic E-state index is 12.1. The normalized spacial score (nSPS) is 13.5. The van der Waals surface area contributed by atoms with Crippen LogP contribution in [0.3, 0.4) is 0 Å². The van der Waals surface area contributed by atoms with Crippen molar-refractivity contribution >= 4 is 11.8 Å². The van der Waals surface area contributed by atoms with Crippen molar-refractivity contribution < 1.29 is 14.3 Å². The number of pyridine rings is 1. The molecule has 0 fully saturated rings. The molecule has 1 heterocycles. The summed E-state index contributed by atoms with van der Waals surface area (Å²) in [6.07, 6.45) is 1.81. The molecule has 0 unspecified atom stereocenters. The van der Waals surface area contributed by atoms with Gasteiger partial charge >= 0.3 is 5.97 Å². The summed E-state index contributed by atoms with van der Waals surface area (Å²) in [6.45, 7) is 0.0874. The molecule has 1 aliphatic carbocycles. The van der Waals surface area contributed by atoms with Gasteiger partial charge in [-0.2, -0.15) is 0 Å². The molecule has 0 saturated heterocycles. The van der Waals surface area contributed by atoms with Crippen molar-refractivity contribution in [1.29, 1.82) is 0 Å². The molecule has 1 aliphatic rings. The predicted molar refractivity (Wildman–Crippen MR) is 79.9 cm³/mol. The molecule has 1 N–H and O–H groups in total. The van der Waals surface area contributed by atoms with Crippen molar-refractivity contribution in [2.75, 3.05) is 0 Å². The summed E-state index contributed by atoms with van der Waals surface area (Å²) >= 11 is 0. The van der Waals surface area contributed by atoms with Gasteiger partial charge < -0.3 is 9.72 Å². The number of carbonyl (C=O) groups excluding carboxylic acids is 2. The minimum Gasteiger partial charge on any atom is -0.457 e. The number of esters is 1. The molecule has 112 valence electrons. The van der Waals surface area contributed by atoms with Gasteiger partial charge in [0.2, 0.25) is 0 Å². The Kier molecular flexibility index (Phi) is 3.87. The average Bonchev–Trinajstić information content (AvgIpc) is 2.53. The zero-order valence-electron chi connectivity index (χ0n) is 11.9. The van der Waals surface area contributed by atoms with Crippen LogP contribution in [0.25, 0.3) is 0 Å². The van der Waals surface area contributed by atoms with E-state index in [1.165, 1.54) is 6.07 Å². The number of benzene rings is 1. The highest BCUT2D eigenvalue weighted by molar-refractivity contribution is 6.00. The van der Waals surface area contributed by atoms with E-state index in [9.17, 15) is 14.4 Å². The second-order valence-electron chi connectivity index (χ2n) is 5.24. The minimum atomic E-state index is -0.716. The van der Waals surface area contributed by atoms with Gasteiger partial charge in [0, 0.05) is 17.7 Å². The first kappa shape index (κ1) is 14.3. The highest BCUT2D eigenvalue weighted by Crippen LogP contribution is 2.19. The molecule has 0 saturated carbocycles. The van der Waals surface area contributed by atoms with Gasteiger partial charge in [-0.3, -0.25) is 9.59 Å². The van der Waals surface area contributed by atoms with Crippen molar-refractivity contribution in [1.82, 2.24) is 4.98 Å². The molecular formula is C17H15NO4. The van der Waals surface area contributed by atoms with Crippen molar-refractivity contribution in [3.8, 4) is 0 Å². The SMILES string of the molecule is O=C1CCCc2[nH]c(=O)c(C(=O)OCc3ccccc3)cc21. The van der Waals surface area contributed by atoms with E-state index < -0.39 is 11.5 Å². The molecule has 1 aromatic carbocycles. The number of aryl methyl sites for hydroxylation is 1. The third-order valence-corrected chi connectivity index (χ3v) is 3.69. The van der Waals surface area contributed by atoms with Crippen LogP contribution in [0.15, 0.2) is 41.2 Å². The quantitative estimate of drug-likeness (QED) is 0.882. The van der Waals surface area contributed by atoms with Crippen molar-refractivity contribution in [2.24, 2.45) is 0 Å². The fraction of sp³-hybridized carbons (Fsp3) is 0.235. The number of hydrogen-bond donors (Lipinski definition) is 1. The standard InChI is InChI=1S/C17H15NO4/c19-15-8-4-7-14-12(15)9-13(16(20)18-14)17(21)22-10-11-5-2-1-3-6-11/h1-3,5-6,9H,4,7-8,10H2,(H,18,20). The third-order valence-electron chi connectivity index (χ3n) is 3.69. The highest BCUT2D eigenvalue weighted by atomic mass is 16.5. The summed E-state index contributed by atoms with van der Waals surface area (Å²) in [7, 11) is 0. The Bertz CT molecular complexity index is 777. The van der Waals surface area contributed by atoms with Crippen LogP contribution in [0.1, 0.15) is 44.8 Å². The van der Waals surface area contributed by atoms with Gasteiger partial charge in [0.25, 0.3) is 5.56 Å². The molecule has 0 spiro atoms. The molecule has 0 amide bonds. The number of carbonyl (C=O) groups is 2. The van der Waals surface area contributed by atoms with Gasteiger partial charge in [0.15, 0.2) is 5.78 Å². The van der Waals surface area contributed by atoms with Crippen molar-refractivity contribution in [2.45, 2.75) is 25.9 Å². The van der Waals surface area contributed by atoms with Crippen molar-refractivity contribution in [3.05, 3.63) is 69.1 Å². The molecule has 5 heteroatoms. The monoisotopic (exact) mass is 297 g/mol. The number of ether oxygens (including phenoxy) is 1. The second-order valence-corrected chi connectivity index (χ2v) is 5.24. The number of Topliss-reactive ketones (excluding diaryl/α,β-unsaturated/α-hetero) is 1. The average molecular weight is 297 g/mol. The Hall–Kier alpha value is -2.69. The Morgan fingerprint density at radius 3 is 2.68 bits per heavy atom. The van der Waals surface area contributed by atoms with E-state index in [2.05, 4.69) is 4.98 Å². The summed E-state index contributed by atoms with van der Waals surface area (Å²) in [5, 5.41) is 0. The van der Waals surface area contributed by atoms with Gasteiger partial charge in [0.1, 0.15) is 12.2 Å². The molecule has 2 aromatic rings. The molecule has 0 radical (unpaired) electrons. The number of H-pyrrole nitrogens is 1. The number of rotatable bonds is 3. The van der Waals surface area contributed by atoms with Gasteiger partial charge in [-0.25, -0.2) is 4.79 Å². The molecule has 0 bridgehead atoms. The predicted octanol–water partition coefficient (Wildman–Crippen LogP) is 2.25. The van der Waals surface area contributed by atoms with E-state index in [1.807, 2.05) is 30.3 Å². The van der Waals surface area contributed by atoms with Gasteiger partial charge in [0.05, 0.1) is 0 Å². The van der Waals surface area contributed by atoms with Gasteiger partial charge in [-0.05, 0) is 24.5 Å². The van der Waals surface area contributed by atoms with E-state index in [4.69, 9.17) is 4.74 Å². The Morgan fingerprint density at radius 2 is 1.91 bits per heavy atom. The lowest BCUT2D eigenvalue weighted by Crippen LogP contribution is -2.25. The number of aromatic amines is 1. The summed E-state index contributed by atoms with van der Waals surface area (Å²) in [5.41, 5.74) is 1.25. The molecule has 0 atom stereocenters. The lowest BCUT2D eigenvalue weighted by molar-refractivity contribution is 0.0470. The number of aromatic nitrogens is 1. The topological polar surface area (TPSA) is 76.2 Å². The van der Waals surface area contributed by atoms with E-state index >= 15 is 0 Å². The molecule has 22 heavy (non-hydrogen) atoms. The maximum absolute atomic E-state index is 12.1. The molecular weight excluding hydrogens is 282 g/mol.